The normalized spacial score (nSPS) is 15.0. The lowest BCUT2D eigenvalue weighted by molar-refractivity contribution is 0.122. The first-order chi connectivity index (χ1) is 13.7. The van der Waals surface area contributed by atoms with Crippen molar-refractivity contribution in [1.29, 1.82) is 5.41 Å². The number of nitrogens with zero attached hydrogens (tertiary/aromatic N) is 4. The highest BCUT2D eigenvalue weighted by Gasteiger charge is 2.18. The van der Waals surface area contributed by atoms with Crippen LogP contribution in [0.1, 0.15) is 11.4 Å². The molecule has 4 rings (SSSR count). The number of anilines is 1. The van der Waals surface area contributed by atoms with Crippen LogP contribution < -0.4 is 10.6 Å². The Labute approximate surface area is 163 Å². The van der Waals surface area contributed by atoms with E-state index in [2.05, 4.69) is 27.0 Å². The number of hydrogen-bond acceptors (Lipinski definition) is 7. The van der Waals surface area contributed by atoms with Crippen molar-refractivity contribution in [1.82, 2.24) is 15.0 Å². The second-order valence-electron chi connectivity index (χ2n) is 6.66. The number of ether oxygens (including phenoxy) is 1. The van der Waals surface area contributed by atoms with Gasteiger partial charge in [0.2, 0.25) is 0 Å². The zero-order valence-corrected chi connectivity index (χ0v) is 15.7. The van der Waals surface area contributed by atoms with Crippen LogP contribution in [0.2, 0.25) is 0 Å². The lowest BCUT2D eigenvalue weighted by Gasteiger charge is -2.28. The molecule has 1 aliphatic heterocycles. The molecule has 28 heavy (non-hydrogen) atoms. The van der Waals surface area contributed by atoms with Crippen LogP contribution in [0.4, 0.5) is 5.82 Å². The Bertz CT molecular complexity index is 1060. The quantitative estimate of drug-likeness (QED) is 0.681. The van der Waals surface area contributed by atoms with Crippen LogP contribution in [0, 0.1) is 12.3 Å². The molecule has 0 radical (unpaired) electrons. The molecule has 0 amide bonds. The minimum Gasteiger partial charge on any atom is -0.397 e. The van der Waals surface area contributed by atoms with E-state index in [1.807, 2.05) is 25.3 Å². The van der Waals surface area contributed by atoms with E-state index in [1.165, 1.54) is 6.08 Å². The smallest absolute Gasteiger partial charge is 0.130 e. The summed E-state index contributed by atoms with van der Waals surface area (Å²) in [5.74, 6) is 0.872. The molecule has 0 spiro atoms. The molecule has 1 fully saturated rings. The van der Waals surface area contributed by atoms with Gasteiger partial charge in [-0.1, -0.05) is 0 Å². The fraction of sp³-hybridized carbons (Fsp3) is 0.238. The van der Waals surface area contributed by atoms with Crippen molar-refractivity contribution in [2.45, 2.75) is 6.92 Å². The molecule has 4 heterocycles. The zero-order valence-electron chi connectivity index (χ0n) is 15.7. The number of allylic oxidation sites excluding steroid dienone is 1. The largest absolute Gasteiger partial charge is 0.397 e. The molecule has 0 saturated carbocycles. The lowest BCUT2D eigenvalue weighted by atomic mass is 10.0. The second-order valence-corrected chi connectivity index (χ2v) is 6.66. The number of hydrogen-bond donors (Lipinski definition) is 2. The average molecular weight is 374 g/mol. The van der Waals surface area contributed by atoms with Crippen molar-refractivity contribution >= 4 is 28.6 Å². The van der Waals surface area contributed by atoms with Gasteiger partial charge in [-0.3, -0.25) is 9.97 Å². The summed E-state index contributed by atoms with van der Waals surface area (Å²) in [7, 11) is 0. The van der Waals surface area contributed by atoms with Gasteiger partial charge in [-0.15, -0.1) is 0 Å². The predicted molar refractivity (Wildman–Crippen MR) is 111 cm³/mol. The van der Waals surface area contributed by atoms with Crippen molar-refractivity contribution in [2.24, 2.45) is 5.73 Å². The summed E-state index contributed by atoms with van der Waals surface area (Å²) in [6.07, 6.45) is 6.24. The van der Waals surface area contributed by atoms with Crippen LogP contribution >= 0.6 is 0 Å². The molecule has 7 heteroatoms. The van der Waals surface area contributed by atoms with Crippen molar-refractivity contribution in [3.63, 3.8) is 0 Å². The average Bonchev–Trinajstić information content (AvgIpc) is 2.73. The van der Waals surface area contributed by atoms with Gasteiger partial charge in [-0.2, -0.15) is 0 Å². The summed E-state index contributed by atoms with van der Waals surface area (Å²) in [4.78, 5) is 15.9. The van der Waals surface area contributed by atoms with Crippen LogP contribution in [0.15, 0.2) is 42.7 Å². The maximum atomic E-state index is 7.33. The van der Waals surface area contributed by atoms with Gasteiger partial charge in [-0.05, 0) is 48.4 Å². The minimum absolute atomic E-state index is 0.420. The predicted octanol–water partition coefficient (Wildman–Crippen LogP) is 2.79. The molecule has 3 N–H and O–H groups in total. The maximum absolute atomic E-state index is 7.33. The van der Waals surface area contributed by atoms with Gasteiger partial charge in [0.15, 0.2) is 0 Å². The fourth-order valence-electron chi connectivity index (χ4n) is 3.42. The number of rotatable bonds is 4. The van der Waals surface area contributed by atoms with Gasteiger partial charge in [-0.25, -0.2) is 4.98 Å². The Morgan fingerprint density at radius 2 is 1.96 bits per heavy atom. The van der Waals surface area contributed by atoms with Crippen LogP contribution in [-0.2, 0) is 4.74 Å². The van der Waals surface area contributed by atoms with Crippen LogP contribution in [0.25, 0.3) is 27.7 Å². The summed E-state index contributed by atoms with van der Waals surface area (Å²) in [6.45, 7) is 4.91. The summed E-state index contributed by atoms with van der Waals surface area (Å²) in [5.41, 5.74) is 11.0. The number of morpholine rings is 1. The molecule has 0 atom stereocenters. The SMILES string of the molecule is Cc1cc(-c2cc(N3CCOCC3)nc3c(/C(N)=C/C=N)nccc23)ccn1. The number of aromatic nitrogens is 3. The van der Waals surface area contributed by atoms with E-state index in [0.29, 0.717) is 24.6 Å². The van der Waals surface area contributed by atoms with E-state index in [9.17, 15) is 0 Å². The summed E-state index contributed by atoms with van der Waals surface area (Å²) in [6, 6.07) is 8.14. The first kappa shape index (κ1) is 18.1. The van der Waals surface area contributed by atoms with Gasteiger partial charge in [0.25, 0.3) is 0 Å². The van der Waals surface area contributed by atoms with E-state index in [1.54, 1.807) is 6.20 Å². The Hall–Kier alpha value is -3.32. The third-order valence-corrected chi connectivity index (χ3v) is 4.79. The third kappa shape index (κ3) is 3.44. The standard InChI is InChI=1S/C21H22N6O/c1-14-12-15(3-6-24-14)17-13-19(27-8-10-28-11-9-27)26-20-16(17)4-7-25-21(20)18(23)2-5-22/h2-7,12-13,22H,8-11,23H2,1H3/b18-2-,22-5?. The first-order valence-corrected chi connectivity index (χ1v) is 9.19. The summed E-state index contributed by atoms with van der Waals surface area (Å²) < 4.78 is 5.49. The van der Waals surface area contributed by atoms with Gasteiger partial charge in [0.05, 0.1) is 18.9 Å². The van der Waals surface area contributed by atoms with Gasteiger partial charge < -0.3 is 20.8 Å². The minimum atomic E-state index is 0.420. The highest BCUT2D eigenvalue weighted by atomic mass is 16.5. The molecule has 0 aromatic carbocycles. The molecular formula is C21H22N6O. The van der Waals surface area contributed by atoms with E-state index >= 15 is 0 Å². The monoisotopic (exact) mass is 374 g/mol. The molecule has 0 bridgehead atoms. The summed E-state index contributed by atoms with van der Waals surface area (Å²) in [5, 5.41) is 8.30. The number of aryl methyl sites for hydroxylation is 1. The van der Waals surface area contributed by atoms with Crippen LogP contribution in [0.3, 0.4) is 0 Å². The van der Waals surface area contributed by atoms with Crippen molar-refractivity contribution in [3.05, 3.63) is 54.1 Å². The second kappa shape index (κ2) is 7.74. The van der Waals surface area contributed by atoms with Gasteiger partial charge in [0, 0.05) is 42.8 Å². The van der Waals surface area contributed by atoms with E-state index in [-0.39, 0.29) is 0 Å². The van der Waals surface area contributed by atoms with Gasteiger partial charge in [0.1, 0.15) is 17.0 Å². The number of nitrogens with two attached hydrogens (primary N) is 1. The van der Waals surface area contributed by atoms with Crippen LogP contribution in [0.5, 0.6) is 0 Å². The molecule has 0 unspecified atom stereocenters. The molecule has 3 aromatic rings. The molecule has 3 aromatic heterocycles. The Balaban J connectivity index is 1.99. The van der Waals surface area contributed by atoms with E-state index < -0.39 is 0 Å². The fourth-order valence-corrected chi connectivity index (χ4v) is 3.42. The van der Waals surface area contributed by atoms with E-state index in [0.717, 1.165) is 52.8 Å². The lowest BCUT2D eigenvalue weighted by Crippen LogP contribution is -2.36. The van der Waals surface area contributed by atoms with Crippen molar-refractivity contribution < 1.29 is 4.74 Å². The van der Waals surface area contributed by atoms with Crippen molar-refractivity contribution in [2.75, 3.05) is 31.2 Å². The first-order valence-electron chi connectivity index (χ1n) is 9.19. The molecular weight excluding hydrogens is 352 g/mol. The number of pyridine rings is 3. The molecule has 1 aliphatic rings. The molecule has 0 aliphatic carbocycles. The topological polar surface area (TPSA) is 101 Å². The Morgan fingerprint density at radius 3 is 2.71 bits per heavy atom. The Kier molecular flexibility index (Phi) is 4.99. The third-order valence-electron chi connectivity index (χ3n) is 4.79. The van der Waals surface area contributed by atoms with Crippen LogP contribution in [-0.4, -0.2) is 47.5 Å². The number of nitrogens with one attached hydrogen (secondary N) is 1. The molecule has 142 valence electrons. The molecule has 7 nitrogen and oxygen atoms in total. The van der Waals surface area contributed by atoms with E-state index in [4.69, 9.17) is 20.9 Å². The Morgan fingerprint density at radius 1 is 1.18 bits per heavy atom. The molecule has 1 saturated heterocycles. The highest BCUT2D eigenvalue weighted by Crippen LogP contribution is 2.33. The number of fused-ring (bicyclic) bond motifs is 1. The maximum Gasteiger partial charge on any atom is 0.130 e. The highest BCUT2D eigenvalue weighted by molar-refractivity contribution is 6.01. The zero-order chi connectivity index (χ0) is 19.5. The summed E-state index contributed by atoms with van der Waals surface area (Å²) >= 11 is 0. The van der Waals surface area contributed by atoms with Crippen molar-refractivity contribution in [3.8, 4) is 11.1 Å². The van der Waals surface area contributed by atoms with Gasteiger partial charge >= 0.3 is 0 Å².